The molecule has 8 N–H and O–H groups in total. The van der Waals surface area contributed by atoms with Crippen LogP contribution in [-0.2, 0) is 26.2 Å². The second kappa shape index (κ2) is 19.4. The summed E-state index contributed by atoms with van der Waals surface area (Å²) in [6.45, 7) is 3.28. The first-order valence-corrected chi connectivity index (χ1v) is 19.8. The number of carbonyl (C=O) groups is 4. The molecule has 52 heavy (non-hydrogen) atoms. The van der Waals surface area contributed by atoms with Gasteiger partial charge in [0, 0.05) is 80.7 Å². The second-order valence-electron chi connectivity index (χ2n) is 13.5. The van der Waals surface area contributed by atoms with E-state index in [9.17, 15) is 27.6 Å². The number of carbonyl (C=O) groups excluding carboxylic acids is 4. The van der Waals surface area contributed by atoms with Crippen molar-refractivity contribution >= 4 is 57.1 Å². The lowest BCUT2D eigenvalue weighted by molar-refractivity contribution is -0.124. The van der Waals surface area contributed by atoms with Crippen molar-refractivity contribution in [2.75, 3.05) is 52.9 Å². The Morgan fingerprint density at radius 2 is 1.50 bits per heavy atom. The van der Waals surface area contributed by atoms with E-state index < -0.39 is 27.8 Å². The molecule has 2 aliphatic rings. The van der Waals surface area contributed by atoms with Gasteiger partial charge in [0.2, 0.25) is 21.8 Å². The van der Waals surface area contributed by atoms with Crippen molar-refractivity contribution in [3.63, 3.8) is 0 Å². The van der Waals surface area contributed by atoms with Crippen LogP contribution < -0.4 is 32.7 Å². The van der Waals surface area contributed by atoms with E-state index in [1.54, 1.807) is 24.3 Å². The van der Waals surface area contributed by atoms with E-state index >= 15 is 0 Å². The fraction of sp³-hybridized carbons (Fsp3) is 0.543. The van der Waals surface area contributed by atoms with Gasteiger partial charge in [-0.1, -0.05) is 35.3 Å². The number of benzene rings is 2. The molecule has 14 nitrogen and oxygen atoms in total. The number of nitrogens with zero attached hydrogens (tertiary/aromatic N) is 2. The summed E-state index contributed by atoms with van der Waals surface area (Å²) in [7, 11) is -1.80. The number of fused-ring (bicyclic) bond motifs is 1. The van der Waals surface area contributed by atoms with Crippen molar-refractivity contribution in [1.29, 1.82) is 0 Å². The molecule has 0 bridgehead atoms. The van der Waals surface area contributed by atoms with Gasteiger partial charge in [0.25, 0.3) is 0 Å². The van der Waals surface area contributed by atoms with Gasteiger partial charge in [0.1, 0.15) is 0 Å². The van der Waals surface area contributed by atoms with E-state index in [-0.39, 0.29) is 54.8 Å². The van der Waals surface area contributed by atoms with Crippen LogP contribution in [0.25, 0.3) is 0 Å². The number of nitrogens with one attached hydrogen (secondary N) is 4. The third-order valence-corrected chi connectivity index (χ3v) is 12.1. The molecule has 0 spiro atoms. The quantitative estimate of drug-likeness (QED) is 0.132. The molecule has 286 valence electrons. The summed E-state index contributed by atoms with van der Waals surface area (Å²) in [5.74, 6) is -1.61. The molecular formula is C35H50Cl2N8O6S. The molecule has 6 amide bonds. The van der Waals surface area contributed by atoms with Crippen LogP contribution in [0.5, 0.6) is 0 Å². The second-order valence-corrected chi connectivity index (χ2v) is 16.2. The number of hydrogen-bond acceptors (Lipinski definition) is 7. The molecule has 2 atom stereocenters. The Kier molecular flexibility index (Phi) is 15.4. The van der Waals surface area contributed by atoms with Gasteiger partial charge in [-0.3, -0.25) is 9.59 Å². The van der Waals surface area contributed by atoms with Crippen molar-refractivity contribution in [2.45, 2.75) is 62.3 Å². The summed E-state index contributed by atoms with van der Waals surface area (Å²) >= 11 is 12.9. The molecule has 1 unspecified atom stereocenters. The van der Waals surface area contributed by atoms with E-state index in [2.05, 4.69) is 26.2 Å². The van der Waals surface area contributed by atoms with Crippen LogP contribution in [0.15, 0.2) is 41.3 Å². The number of piperidine rings is 1. The lowest BCUT2D eigenvalue weighted by Crippen LogP contribution is -2.44. The molecule has 1 fully saturated rings. The average molecular weight is 782 g/mol. The third-order valence-electron chi connectivity index (χ3n) is 9.62. The number of unbranched alkanes of at least 4 members (excludes halogenated alkanes) is 1. The zero-order valence-electron chi connectivity index (χ0n) is 29.5. The van der Waals surface area contributed by atoms with E-state index in [0.717, 1.165) is 16.7 Å². The molecule has 0 aliphatic carbocycles. The van der Waals surface area contributed by atoms with Gasteiger partial charge in [0.15, 0.2) is 0 Å². The average Bonchev–Trinajstić information content (AvgIpc) is 3.10. The molecule has 0 aromatic heterocycles. The standard InChI is InChI=1S/C35H50Cl2N8O6S/c1-44-21-29(28-19-25(36)20-31(37)30(28)22-44)24-6-4-7-26(18-24)52(50,51)45-16-10-23(11-17-45)27(33(39)47)9-15-43-35(49)41-13-3-2-12-40-34(48)42-14-5-8-32(38)46/h4,6-7,18-20,23,27,29H,2-3,5,8-17,21-22H2,1H3,(H2,38,46)(H2,39,47)(H2,40,42,48)(H2,41,43,49)/t27?,29-/m0/s1. The Bertz CT molecular complexity index is 1690. The minimum absolute atomic E-state index is 0.104. The Morgan fingerprint density at radius 1 is 0.885 bits per heavy atom. The van der Waals surface area contributed by atoms with Gasteiger partial charge in [-0.15, -0.1) is 0 Å². The Morgan fingerprint density at radius 3 is 2.12 bits per heavy atom. The van der Waals surface area contributed by atoms with Crippen LogP contribution in [-0.4, -0.2) is 94.4 Å². The van der Waals surface area contributed by atoms with E-state index in [1.165, 1.54) is 4.31 Å². The molecule has 2 aromatic carbocycles. The van der Waals surface area contributed by atoms with Gasteiger partial charge in [-0.2, -0.15) is 4.31 Å². The minimum atomic E-state index is -3.81. The lowest BCUT2D eigenvalue weighted by atomic mass is 9.82. The monoisotopic (exact) mass is 780 g/mol. The fourth-order valence-electron chi connectivity index (χ4n) is 6.88. The van der Waals surface area contributed by atoms with Gasteiger partial charge in [-0.05, 0) is 92.4 Å². The van der Waals surface area contributed by atoms with Gasteiger partial charge < -0.3 is 37.6 Å². The third kappa shape index (κ3) is 11.7. The first kappa shape index (κ1) is 41.1. The highest BCUT2D eigenvalue weighted by Crippen LogP contribution is 2.39. The SMILES string of the molecule is CN1Cc2c(Cl)cc(Cl)cc2[C@H](c2cccc(S(=O)(=O)N3CCC(C(CCNC(=O)NCCCCNC(=O)NCCCC(N)=O)C(N)=O)CC3)c2)C1. The number of hydrogen-bond donors (Lipinski definition) is 6. The van der Waals surface area contributed by atoms with Crippen molar-refractivity contribution in [3.05, 3.63) is 63.1 Å². The van der Waals surface area contributed by atoms with Crippen LogP contribution in [0.3, 0.4) is 0 Å². The van der Waals surface area contributed by atoms with Crippen molar-refractivity contribution in [2.24, 2.45) is 23.3 Å². The number of urea groups is 2. The normalized spacial score (nSPS) is 17.5. The number of sulfonamides is 1. The molecule has 2 heterocycles. The topological polar surface area (TPSA) is 209 Å². The highest BCUT2D eigenvalue weighted by atomic mass is 35.5. The number of primary amides is 2. The highest BCUT2D eigenvalue weighted by molar-refractivity contribution is 7.89. The van der Waals surface area contributed by atoms with E-state index in [1.807, 2.05) is 19.2 Å². The number of likely N-dealkylation sites (N-methyl/N-ethyl adjacent to an activating group) is 1. The number of halogens is 2. The fourth-order valence-corrected chi connectivity index (χ4v) is 8.98. The predicted molar refractivity (Wildman–Crippen MR) is 200 cm³/mol. The smallest absolute Gasteiger partial charge is 0.314 e. The summed E-state index contributed by atoms with van der Waals surface area (Å²) in [4.78, 5) is 49.5. The highest BCUT2D eigenvalue weighted by Gasteiger charge is 2.35. The largest absolute Gasteiger partial charge is 0.370 e. The summed E-state index contributed by atoms with van der Waals surface area (Å²) in [6.07, 6.45) is 3.25. The minimum Gasteiger partial charge on any atom is -0.370 e. The first-order valence-electron chi connectivity index (χ1n) is 17.6. The molecule has 2 aliphatic heterocycles. The summed E-state index contributed by atoms with van der Waals surface area (Å²) in [5, 5.41) is 12.0. The maximum Gasteiger partial charge on any atom is 0.314 e. The molecule has 2 aromatic rings. The zero-order valence-corrected chi connectivity index (χ0v) is 31.8. The van der Waals surface area contributed by atoms with Crippen LogP contribution in [0.4, 0.5) is 9.59 Å². The molecule has 4 rings (SSSR count). The van der Waals surface area contributed by atoms with Crippen molar-refractivity contribution in [3.8, 4) is 0 Å². The summed E-state index contributed by atoms with van der Waals surface area (Å²) < 4.78 is 29.1. The maximum absolute atomic E-state index is 13.8. The lowest BCUT2D eigenvalue weighted by Gasteiger charge is -2.35. The zero-order chi connectivity index (χ0) is 37.8. The number of nitrogens with two attached hydrogens (primary N) is 2. The summed E-state index contributed by atoms with van der Waals surface area (Å²) in [5.41, 5.74) is 13.7. The van der Waals surface area contributed by atoms with Gasteiger partial charge >= 0.3 is 12.1 Å². The molecule has 17 heteroatoms. The van der Waals surface area contributed by atoms with Crippen LogP contribution in [0.2, 0.25) is 10.0 Å². The Hall–Kier alpha value is -3.63. The van der Waals surface area contributed by atoms with E-state index in [0.29, 0.717) is 81.3 Å². The van der Waals surface area contributed by atoms with E-state index in [4.69, 9.17) is 34.7 Å². The molecule has 0 saturated carbocycles. The van der Waals surface area contributed by atoms with Crippen molar-refractivity contribution < 1.29 is 27.6 Å². The first-order chi connectivity index (χ1) is 24.8. The van der Waals surface area contributed by atoms with Gasteiger partial charge in [-0.25, -0.2) is 18.0 Å². The van der Waals surface area contributed by atoms with Gasteiger partial charge in [0.05, 0.1) is 4.90 Å². The summed E-state index contributed by atoms with van der Waals surface area (Å²) in [6, 6.07) is 9.98. The number of amides is 6. The molecule has 1 saturated heterocycles. The van der Waals surface area contributed by atoms with Crippen LogP contribution in [0.1, 0.15) is 67.6 Å². The van der Waals surface area contributed by atoms with Crippen molar-refractivity contribution in [1.82, 2.24) is 30.5 Å². The maximum atomic E-state index is 13.8. The number of rotatable bonds is 17. The molecular weight excluding hydrogens is 731 g/mol. The predicted octanol–water partition coefficient (Wildman–Crippen LogP) is 3.11. The Balaban J connectivity index is 1.21. The van der Waals surface area contributed by atoms with Crippen LogP contribution >= 0.6 is 23.2 Å². The van der Waals surface area contributed by atoms with Crippen LogP contribution in [0, 0.1) is 11.8 Å². The Labute approximate surface area is 315 Å². The molecule has 0 radical (unpaired) electrons.